The van der Waals surface area contributed by atoms with E-state index in [4.69, 9.17) is 10.4 Å². The third kappa shape index (κ3) is 13.3. The van der Waals surface area contributed by atoms with Gasteiger partial charge in [0.1, 0.15) is 0 Å². The minimum absolute atomic E-state index is 0.0920. The average molecular weight is 404 g/mol. The first kappa shape index (κ1) is 24.4. The Morgan fingerprint density at radius 3 is 1.52 bits per heavy atom. The summed E-state index contributed by atoms with van der Waals surface area (Å²) in [6.07, 6.45) is 0.542. The van der Waals surface area contributed by atoms with Crippen LogP contribution in [0.15, 0.2) is 60.7 Å². The van der Waals surface area contributed by atoms with E-state index in [1.807, 2.05) is 42.5 Å². The molecular formula is C20H21NO4S2. The van der Waals surface area contributed by atoms with Crippen molar-refractivity contribution in [3.8, 4) is 6.07 Å². The maximum Gasteiger partial charge on any atom is 0.303 e. The van der Waals surface area contributed by atoms with Crippen LogP contribution in [0.3, 0.4) is 0 Å². The van der Waals surface area contributed by atoms with Crippen LogP contribution in [0.1, 0.15) is 40.5 Å². The van der Waals surface area contributed by atoms with Crippen molar-refractivity contribution in [2.24, 2.45) is 5.92 Å². The van der Waals surface area contributed by atoms with Gasteiger partial charge in [0, 0.05) is 23.5 Å². The second kappa shape index (κ2) is 14.6. The number of carboxylic acid groups (broad SMARTS) is 1. The number of carbonyl (C=O) groups is 3. The molecule has 0 bridgehead atoms. The smallest absolute Gasteiger partial charge is 0.303 e. The van der Waals surface area contributed by atoms with Gasteiger partial charge in [0.05, 0.1) is 6.07 Å². The fraction of sp³-hybridized carbons (Fsp3) is 0.200. The highest BCUT2D eigenvalue weighted by Gasteiger charge is 2.02. The molecule has 2 aromatic carbocycles. The Hall–Kier alpha value is -2.56. The maximum atomic E-state index is 10.5. The summed E-state index contributed by atoms with van der Waals surface area (Å²) in [5.74, 6) is -0.974. The molecule has 0 saturated heterocycles. The monoisotopic (exact) mass is 403 g/mol. The van der Waals surface area contributed by atoms with E-state index in [2.05, 4.69) is 25.3 Å². The molecule has 142 valence electrons. The van der Waals surface area contributed by atoms with Gasteiger partial charge in [-0.3, -0.25) is 14.4 Å². The number of nitriles is 1. The molecule has 0 spiro atoms. The summed E-state index contributed by atoms with van der Waals surface area (Å²) in [4.78, 5) is 30.9. The van der Waals surface area contributed by atoms with E-state index in [1.54, 1.807) is 31.2 Å². The van der Waals surface area contributed by atoms with E-state index in [0.717, 1.165) is 0 Å². The lowest BCUT2D eigenvalue weighted by atomic mass is 10.1. The second-order valence-corrected chi connectivity index (χ2v) is 6.12. The van der Waals surface area contributed by atoms with Crippen molar-refractivity contribution in [2.75, 3.05) is 0 Å². The molecule has 0 heterocycles. The van der Waals surface area contributed by atoms with Gasteiger partial charge in [-0.1, -0.05) is 60.7 Å². The Morgan fingerprint density at radius 2 is 1.30 bits per heavy atom. The summed E-state index contributed by atoms with van der Waals surface area (Å²) in [7, 11) is 0. The molecule has 0 fully saturated rings. The van der Waals surface area contributed by atoms with E-state index in [-0.39, 0.29) is 22.6 Å². The number of thiol groups is 2. The van der Waals surface area contributed by atoms with Crippen LogP contribution in [0.2, 0.25) is 0 Å². The van der Waals surface area contributed by atoms with Gasteiger partial charge in [-0.15, -0.1) is 25.3 Å². The normalized spacial score (nSPS) is 10.0. The molecule has 2 rings (SSSR count). The number of nitrogens with zero attached hydrogens (tertiary/aromatic N) is 1. The number of hydrogen-bond acceptors (Lipinski definition) is 4. The van der Waals surface area contributed by atoms with E-state index >= 15 is 0 Å². The lowest BCUT2D eigenvalue weighted by Crippen LogP contribution is -1.98. The van der Waals surface area contributed by atoms with Crippen molar-refractivity contribution >= 4 is 41.5 Å². The molecule has 0 aliphatic heterocycles. The average Bonchev–Trinajstić information content (AvgIpc) is 2.68. The zero-order valence-corrected chi connectivity index (χ0v) is 16.6. The molecule has 5 nitrogen and oxygen atoms in total. The first-order chi connectivity index (χ1) is 12.8. The maximum absolute atomic E-state index is 10.5. The topological polar surface area (TPSA) is 95.2 Å². The standard InChI is InChI=1S/2C7H6OS.C6H9NO2/c2*8-7(9)6-4-2-1-3-5-6;1-5(4-7)2-3-6(8)9/h2*1-5H,(H,8,9);5H,2-3H2,1H3,(H,8,9). The van der Waals surface area contributed by atoms with Crippen LogP contribution in [0.4, 0.5) is 0 Å². The van der Waals surface area contributed by atoms with Crippen LogP contribution in [0.25, 0.3) is 0 Å². The van der Waals surface area contributed by atoms with E-state index < -0.39 is 5.97 Å². The van der Waals surface area contributed by atoms with Gasteiger partial charge >= 0.3 is 5.97 Å². The first-order valence-electron chi connectivity index (χ1n) is 7.96. The number of aliphatic carboxylic acids is 1. The summed E-state index contributed by atoms with van der Waals surface area (Å²) in [6.45, 7) is 1.71. The van der Waals surface area contributed by atoms with Gasteiger partial charge < -0.3 is 5.11 Å². The predicted molar refractivity (Wildman–Crippen MR) is 111 cm³/mol. The van der Waals surface area contributed by atoms with Gasteiger partial charge in [-0.05, 0) is 13.3 Å². The number of carboxylic acids is 1. The number of carbonyl (C=O) groups excluding carboxylic acids is 2. The van der Waals surface area contributed by atoms with Gasteiger partial charge in [0.15, 0.2) is 0 Å². The number of hydrogen-bond donors (Lipinski definition) is 3. The van der Waals surface area contributed by atoms with Crippen LogP contribution in [-0.2, 0) is 4.79 Å². The van der Waals surface area contributed by atoms with Crippen molar-refractivity contribution in [3.05, 3.63) is 71.8 Å². The van der Waals surface area contributed by atoms with Crippen molar-refractivity contribution in [2.45, 2.75) is 19.8 Å². The van der Waals surface area contributed by atoms with Crippen LogP contribution < -0.4 is 0 Å². The van der Waals surface area contributed by atoms with Crippen LogP contribution in [0, 0.1) is 17.2 Å². The summed E-state index contributed by atoms with van der Waals surface area (Å²) in [6, 6.07) is 19.8. The molecule has 0 aliphatic carbocycles. The molecule has 2 aromatic rings. The Balaban J connectivity index is 0.000000376. The van der Waals surface area contributed by atoms with Crippen LogP contribution >= 0.6 is 25.3 Å². The zero-order valence-electron chi connectivity index (χ0n) is 14.8. The molecule has 1 unspecified atom stereocenters. The fourth-order valence-electron chi connectivity index (χ4n) is 1.57. The highest BCUT2D eigenvalue weighted by Crippen LogP contribution is 2.02. The molecule has 0 radical (unpaired) electrons. The molecule has 0 aliphatic rings. The first-order valence-corrected chi connectivity index (χ1v) is 8.85. The largest absolute Gasteiger partial charge is 0.481 e. The van der Waals surface area contributed by atoms with Gasteiger partial charge in [0.2, 0.25) is 10.2 Å². The molecule has 0 amide bonds. The van der Waals surface area contributed by atoms with E-state index in [9.17, 15) is 14.4 Å². The Kier molecular flexibility index (Phi) is 13.2. The summed E-state index contributed by atoms with van der Waals surface area (Å²) in [5.41, 5.74) is 1.28. The summed E-state index contributed by atoms with van der Waals surface area (Å²) in [5, 5.41) is 16.0. The lowest BCUT2D eigenvalue weighted by molar-refractivity contribution is -0.137. The van der Waals surface area contributed by atoms with Crippen molar-refractivity contribution in [1.29, 1.82) is 5.26 Å². The molecule has 0 saturated carbocycles. The molecule has 7 heteroatoms. The van der Waals surface area contributed by atoms with Crippen molar-refractivity contribution < 1.29 is 19.5 Å². The Labute approximate surface area is 169 Å². The minimum atomic E-state index is -0.836. The number of benzene rings is 2. The van der Waals surface area contributed by atoms with Crippen LogP contribution in [0.5, 0.6) is 0 Å². The SMILES string of the molecule is CC(C#N)CCC(=O)O.O=C(S)c1ccccc1.O=C(S)c1ccccc1. The second-order valence-electron chi connectivity index (χ2n) is 5.30. The van der Waals surface area contributed by atoms with Gasteiger partial charge in [-0.25, -0.2) is 0 Å². The van der Waals surface area contributed by atoms with E-state index in [0.29, 0.717) is 17.5 Å². The summed E-state index contributed by atoms with van der Waals surface area (Å²) >= 11 is 7.30. The Bertz CT molecular complexity index is 709. The van der Waals surface area contributed by atoms with Crippen LogP contribution in [-0.4, -0.2) is 21.3 Å². The third-order valence-corrected chi connectivity index (χ3v) is 3.57. The molecule has 27 heavy (non-hydrogen) atoms. The molecule has 1 atom stereocenters. The number of rotatable bonds is 5. The highest BCUT2D eigenvalue weighted by molar-refractivity contribution is 7.97. The van der Waals surface area contributed by atoms with Gasteiger partial charge in [0.25, 0.3) is 0 Å². The molecule has 1 N–H and O–H groups in total. The molecular weight excluding hydrogens is 382 g/mol. The fourth-order valence-corrected chi connectivity index (χ4v) is 1.86. The quantitative estimate of drug-likeness (QED) is 0.638. The predicted octanol–water partition coefficient (Wildman–Crippen LogP) is 4.52. The third-order valence-electron chi connectivity index (χ3n) is 3.05. The lowest BCUT2D eigenvalue weighted by Gasteiger charge is -1.95. The van der Waals surface area contributed by atoms with E-state index in [1.165, 1.54) is 0 Å². The molecule has 0 aromatic heterocycles. The highest BCUT2D eigenvalue weighted by atomic mass is 32.1. The Morgan fingerprint density at radius 1 is 0.926 bits per heavy atom. The minimum Gasteiger partial charge on any atom is -0.481 e. The van der Waals surface area contributed by atoms with Gasteiger partial charge in [-0.2, -0.15) is 5.26 Å². The zero-order chi connectivity index (χ0) is 20.7. The van der Waals surface area contributed by atoms with Crippen molar-refractivity contribution in [1.82, 2.24) is 0 Å². The summed E-state index contributed by atoms with van der Waals surface area (Å²) < 4.78 is 0. The van der Waals surface area contributed by atoms with Crippen molar-refractivity contribution in [3.63, 3.8) is 0 Å².